The zero-order chi connectivity index (χ0) is 21.1. The number of rotatable bonds is 7. The molecule has 2 heterocycles. The van der Waals surface area contributed by atoms with Gasteiger partial charge in [0.2, 0.25) is 0 Å². The number of benzene rings is 1. The molecule has 1 aromatic carbocycles. The van der Waals surface area contributed by atoms with Crippen LogP contribution < -0.4 is 9.47 Å². The van der Waals surface area contributed by atoms with E-state index in [1.54, 1.807) is 14.2 Å². The molecule has 0 bridgehead atoms. The lowest BCUT2D eigenvalue weighted by Crippen LogP contribution is -2.49. The Labute approximate surface area is 175 Å². The van der Waals surface area contributed by atoms with E-state index >= 15 is 0 Å². The maximum atomic E-state index is 12.5. The van der Waals surface area contributed by atoms with Gasteiger partial charge in [-0.15, -0.1) is 0 Å². The molecule has 0 N–H and O–H groups in total. The number of hydrogen-bond donors (Lipinski definition) is 0. The second kappa shape index (κ2) is 9.38. The first-order valence-corrected chi connectivity index (χ1v) is 11.0. The van der Waals surface area contributed by atoms with Gasteiger partial charge in [0.15, 0.2) is 11.5 Å². The number of piperidine rings is 1. The van der Waals surface area contributed by atoms with Crippen molar-refractivity contribution in [1.29, 1.82) is 0 Å². The van der Waals surface area contributed by atoms with Crippen LogP contribution in [-0.4, -0.2) is 44.3 Å². The van der Waals surface area contributed by atoms with Crippen molar-refractivity contribution in [3.05, 3.63) is 23.3 Å². The van der Waals surface area contributed by atoms with E-state index in [1.807, 2.05) is 0 Å². The molecule has 5 heteroatoms. The van der Waals surface area contributed by atoms with Crippen LogP contribution in [-0.2, 0) is 16.0 Å². The fraction of sp³-hybridized carbons (Fsp3) is 0.708. The summed E-state index contributed by atoms with van der Waals surface area (Å²) >= 11 is 0. The van der Waals surface area contributed by atoms with Crippen LogP contribution in [0.5, 0.6) is 11.5 Å². The highest BCUT2D eigenvalue weighted by Crippen LogP contribution is 2.44. The van der Waals surface area contributed by atoms with Gasteiger partial charge in [-0.05, 0) is 47.9 Å². The van der Waals surface area contributed by atoms with Crippen LogP contribution in [0.25, 0.3) is 0 Å². The molecule has 2 aliphatic rings. The van der Waals surface area contributed by atoms with Crippen molar-refractivity contribution < 1.29 is 19.0 Å². The maximum Gasteiger partial charge on any atom is 0.306 e. The smallest absolute Gasteiger partial charge is 0.306 e. The minimum Gasteiger partial charge on any atom is -0.493 e. The van der Waals surface area contributed by atoms with E-state index in [4.69, 9.17) is 14.2 Å². The highest BCUT2D eigenvalue weighted by atomic mass is 16.5. The third-order valence-electron chi connectivity index (χ3n) is 6.20. The predicted molar refractivity (Wildman–Crippen MR) is 114 cm³/mol. The minimum atomic E-state index is -0.0597. The van der Waals surface area contributed by atoms with E-state index in [-0.39, 0.29) is 18.1 Å². The monoisotopic (exact) mass is 403 g/mol. The molecule has 0 saturated carbocycles. The van der Waals surface area contributed by atoms with E-state index in [0.29, 0.717) is 24.2 Å². The number of fused-ring (bicyclic) bond motifs is 3. The Morgan fingerprint density at radius 2 is 1.79 bits per heavy atom. The van der Waals surface area contributed by atoms with Crippen molar-refractivity contribution in [2.24, 2.45) is 17.8 Å². The topological polar surface area (TPSA) is 48.0 Å². The lowest BCUT2D eigenvalue weighted by Gasteiger charge is -2.47. The van der Waals surface area contributed by atoms with Crippen LogP contribution in [0, 0.1) is 17.8 Å². The highest BCUT2D eigenvalue weighted by molar-refractivity contribution is 5.69. The quantitative estimate of drug-likeness (QED) is 0.622. The Morgan fingerprint density at radius 1 is 1.10 bits per heavy atom. The van der Waals surface area contributed by atoms with Gasteiger partial charge in [-0.1, -0.05) is 27.7 Å². The van der Waals surface area contributed by atoms with Crippen LogP contribution in [0.2, 0.25) is 0 Å². The van der Waals surface area contributed by atoms with Crippen molar-refractivity contribution in [1.82, 2.24) is 4.90 Å². The number of ether oxygens (including phenoxy) is 3. The summed E-state index contributed by atoms with van der Waals surface area (Å²) in [7, 11) is 3.36. The molecule has 29 heavy (non-hydrogen) atoms. The molecule has 3 atom stereocenters. The molecule has 3 rings (SSSR count). The summed E-state index contributed by atoms with van der Waals surface area (Å²) in [4.78, 5) is 15.0. The van der Waals surface area contributed by atoms with E-state index in [2.05, 4.69) is 44.7 Å². The second-order valence-corrected chi connectivity index (χ2v) is 9.42. The molecule has 1 saturated heterocycles. The van der Waals surface area contributed by atoms with Gasteiger partial charge in [-0.3, -0.25) is 9.69 Å². The molecule has 3 unspecified atom stereocenters. The van der Waals surface area contributed by atoms with Crippen LogP contribution in [0.1, 0.15) is 64.1 Å². The normalized spacial score (nSPS) is 24.2. The maximum absolute atomic E-state index is 12.5. The lowest BCUT2D eigenvalue weighted by molar-refractivity contribution is -0.158. The Hall–Kier alpha value is -1.75. The number of carbonyl (C=O) groups excluding carboxylic acids is 1. The number of hydrogen-bond acceptors (Lipinski definition) is 5. The Morgan fingerprint density at radius 3 is 2.41 bits per heavy atom. The summed E-state index contributed by atoms with van der Waals surface area (Å²) in [5, 5.41) is 0. The molecule has 2 aliphatic heterocycles. The Bertz CT molecular complexity index is 715. The van der Waals surface area contributed by atoms with E-state index in [9.17, 15) is 4.79 Å². The summed E-state index contributed by atoms with van der Waals surface area (Å²) in [6.07, 6.45) is 3.41. The van der Waals surface area contributed by atoms with Crippen LogP contribution in [0.15, 0.2) is 12.1 Å². The van der Waals surface area contributed by atoms with Crippen molar-refractivity contribution in [3.8, 4) is 11.5 Å². The average molecular weight is 404 g/mol. The SMILES string of the molecule is COc1cc2c(cc1OC)C1CC(OC(=O)CC(C)C)C(CC(C)C)CN1CC2. The molecule has 1 aromatic rings. The largest absolute Gasteiger partial charge is 0.493 e. The van der Waals surface area contributed by atoms with Crippen molar-refractivity contribution in [3.63, 3.8) is 0 Å². The van der Waals surface area contributed by atoms with E-state index in [1.165, 1.54) is 11.1 Å². The van der Waals surface area contributed by atoms with Gasteiger partial charge >= 0.3 is 5.97 Å². The molecule has 0 aromatic heterocycles. The summed E-state index contributed by atoms with van der Waals surface area (Å²) in [6, 6.07) is 4.51. The molecule has 162 valence electrons. The molecule has 0 spiro atoms. The number of esters is 1. The lowest BCUT2D eigenvalue weighted by atomic mass is 9.79. The zero-order valence-corrected chi connectivity index (χ0v) is 18.9. The van der Waals surface area contributed by atoms with Crippen LogP contribution in [0.4, 0.5) is 0 Å². The molecule has 1 fully saturated rings. The third kappa shape index (κ3) is 5.06. The summed E-state index contributed by atoms with van der Waals surface area (Å²) in [5.41, 5.74) is 2.61. The van der Waals surface area contributed by atoms with Crippen molar-refractivity contribution in [2.45, 2.75) is 65.5 Å². The van der Waals surface area contributed by atoms with Gasteiger partial charge in [-0.2, -0.15) is 0 Å². The van der Waals surface area contributed by atoms with Gasteiger partial charge in [0, 0.05) is 37.9 Å². The standard InChI is InChI=1S/C24H37NO4/c1-15(2)9-18-14-25-8-7-17-11-22(27-5)23(28-6)12-19(17)20(25)13-21(18)29-24(26)10-16(3)4/h11-12,15-16,18,20-21H,7-10,13-14H2,1-6H3. The van der Waals surface area contributed by atoms with Gasteiger partial charge in [-0.25, -0.2) is 0 Å². The predicted octanol–water partition coefficient (Wildman–Crippen LogP) is 4.63. The second-order valence-electron chi connectivity index (χ2n) is 9.42. The molecule has 0 amide bonds. The first-order chi connectivity index (χ1) is 13.8. The van der Waals surface area contributed by atoms with E-state index in [0.717, 1.165) is 43.9 Å². The number of nitrogens with zero attached hydrogens (tertiary/aromatic N) is 1. The van der Waals surface area contributed by atoms with Crippen molar-refractivity contribution >= 4 is 5.97 Å². The summed E-state index contributed by atoms with van der Waals surface area (Å²) < 4.78 is 17.1. The Kier molecular flexibility index (Phi) is 7.10. The zero-order valence-electron chi connectivity index (χ0n) is 18.9. The molecule has 0 radical (unpaired) electrons. The first-order valence-electron chi connectivity index (χ1n) is 11.0. The molecule has 5 nitrogen and oxygen atoms in total. The molecule has 0 aliphatic carbocycles. The summed E-state index contributed by atoms with van der Waals surface area (Å²) in [5.74, 6) is 2.79. The van der Waals surface area contributed by atoms with E-state index < -0.39 is 0 Å². The molecular formula is C24H37NO4. The molecular weight excluding hydrogens is 366 g/mol. The first kappa shape index (κ1) is 21.9. The van der Waals surface area contributed by atoms with Crippen LogP contribution >= 0.6 is 0 Å². The van der Waals surface area contributed by atoms with Crippen LogP contribution in [0.3, 0.4) is 0 Å². The van der Waals surface area contributed by atoms with Gasteiger partial charge in [0.1, 0.15) is 6.10 Å². The minimum absolute atomic E-state index is 0.0241. The summed E-state index contributed by atoms with van der Waals surface area (Å²) in [6.45, 7) is 10.6. The van der Waals surface area contributed by atoms with Gasteiger partial charge in [0.25, 0.3) is 0 Å². The average Bonchev–Trinajstić information content (AvgIpc) is 2.66. The Balaban J connectivity index is 1.86. The fourth-order valence-corrected chi connectivity index (χ4v) is 4.93. The number of carbonyl (C=O) groups is 1. The highest BCUT2D eigenvalue weighted by Gasteiger charge is 2.41. The van der Waals surface area contributed by atoms with Gasteiger partial charge in [0.05, 0.1) is 14.2 Å². The number of methoxy groups -OCH3 is 2. The van der Waals surface area contributed by atoms with Gasteiger partial charge < -0.3 is 14.2 Å². The third-order valence-corrected chi connectivity index (χ3v) is 6.20. The fourth-order valence-electron chi connectivity index (χ4n) is 4.93. The van der Waals surface area contributed by atoms with Crippen molar-refractivity contribution in [2.75, 3.05) is 27.3 Å².